The lowest BCUT2D eigenvalue weighted by Crippen LogP contribution is -2.49. The molecule has 5 heteroatoms. The highest BCUT2D eigenvalue weighted by molar-refractivity contribution is 5.99. The number of aromatic nitrogens is 1. The Bertz CT molecular complexity index is 911. The van der Waals surface area contributed by atoms with Gasteiger partial charge in [-0.25, -0.2) is 4.39 Å². The van der Waals surface area contributed by atoms with Gasteiger partial charge in [-0.2, -0.15) is 0 Å². The van der Waals surface area contributed by atoms with Crippen LogP contribution in [0.2, 0.25) is 0 Å². The van der Waals surface area contributed by atoms with E-state index in [0.717, 1.165) is 18.6 Å². The molecule has 2 aromatic carbocycles. The number of carbonyl (C=O) groups is 1. The van der Waals surface area contributed by atoms with E-state index in [2.05, 4.69) is 17.0 Å². The van der Waals surface area contributed by atoms with E-state index in [1.165, 1.54) is 11.8 Å². The Morgan fingerprint density at radius 1 is 0.960 bits per heavy atom. The number of piperazine rings is 1. The molecule has 0 unspecified atom stereocenters. The molecular formula is C20H20FN3O. The molecule has 1 amide bonds. The van der Waals surface area contributed by atoms with E-state index in [1.807, 2.05) is 36.2 Å². The normalized spacial score (nSPS) is 15.0. The summed E-state index contributed by atoms with van der Waals surface area (Å²) in [5.74, 6) is -0.327. The van der Waals surface area contributed by atoms with E-state index in [9.17, 15) is 9.18 Å². The molecule has 25 heavy (non-hydrogen) atoms. The van der Waals surface area contributed by atoms with Gasteiger partial charge in [0.1, 0.15) is 11.5 Å². The smallest absolute Gasteiger partial charge is 0.270 e. The lowest BCUT2D eigenvalue weighted by molar-refractivity contribution is 0.0737. The first-order chi connectivity index (χ1) is 12.1. The number of rotatable bonds is 2. The quantitative estimate of drug-likeness (QED) is 0.718. The summed E-state index contributed by atoms with van der Waals surface area (Å²) in [4.78, 5) is 17.0. The first kappa shape index (κ1) is 15.7. The van der Waals surface area contributed by atoms with Crippen LogP contribution >= 0.6 is 0 Å². The van der Waals surface area contributed by atoms with Crippen LogP contribution in [0.1, 0.15) is 10.5 Å². The Morgan fingerprint density at radius 2 is 1.68 bits per heavy atom. The van der Waals surface area contributed by atoms with Crippen molar-refractivity contribution in [1.82, 2.24) is 9.47 Å². The Kier molecular flexibility index (Phi) is 3.92. The summed E-state index contributed by atoms with van der Waals surface area (Å²) in [6.07, 6.45) is 0. The highest BCUT2D eigenvalue weighted by Gasteiger charge is 2.25. The van der Waals surface area contributed by atoms with Crippen molar-refractivity contribution in [1.29, 1.82) is 0 Å². The third-order valence-corrected chi connectivity index (χ3v) is 4.94. The highest BCUT2D eigenvalue weighted by Crippen LogP contribution is 2.23. The van der Waals surface area contributed by atoms with Crippen molar-refractivity contribution >= 4 is 22.5 Å². The van der Waals surface area contributed by atoms with E-state index in [-0.39, 0.29) is 11.7 Å². The van der Waals surface area contributed by atoms with Crippen LogP contribution in [-0.2, 0) is 7.05 Å². The van der Waals surface area contributed by atoms with Crippen LogP contribution in [-0.4, -0.2) is 41.6 Å². The molecule has 0 saturated carbocycles. The number of carbonyl (C=O) groups excluding carboxylic acids is 1. The number of anilines is 1. The molecule has 0 spiro atoms. The molecule has 3 aromatic rings. The van der Waals surface area contributed by atoms with Gasteiger partial charge in [0.05, 0.1) is 5.52 Å². The van der Waals surface area contributed by atoms with E-state index >= 15 is 0 Å². The van der Waals surface area contributed by atoms with Gasteiger partial charge in [0, 0.05) is 44.3 Å². The minimum absolute atomic E-state index is 0.0363. The molecule has 0 radical (unpaired) electrons. The summed E-state index contributed by atoms with van der Waals surface area (Å²) in [6, 6.07) is 16.8. The molecule has 0 bridgehead atoms. The van der Waals surface area contributed by atoms with Gasteiger partial charge in [0.15, 0.2) is 0 Å². The van der Waals surface area contributed by atoms with Gasteiger partial charge >= 0.3 is 0 Å². The summed E-state index contributed by atoms with van der Waals surface area (Å²) in [5, 5.41) is 0.497. The average molecular weight is 337 g/mol. The van der Waals surface area contributed by atoms with Crippen LogP contribution in [0.25, 0.3) is 10.9 Å². The molecule has 0 atom stereocenters. The standard InChI is InChI=1S/C20H20FN3O/c1-22-18-9-5-8-17(21)16(18)14-19(22)20(25)24-12-10-23(11-13-24)15-6-3-2-4-7-15/h2-9,14H,10-13H2,1H3. The van der Waals surface area contributed by atoms with Crippen molar-refractivity contribution in [2.75, 3.05) is 31.1 Å². The van der Waals surface area contributed by atoms with Crippen LogP contribution in [0.15, 0.2) is 54.6 Å². The molecule has 2 heterocycles. The molecule has 4 rings (SSSR count). The SMILES string of the molecule is Cn1c(C(=O)N2CCN(c3ccccc3)CC2)cc2c(F)cccc21. The fourth-order valence-electron chi connectivity index (χ4n) is 3.50. The second kappa shape index (κ2) is 6.24. The molecule has 0 aliphatic carbocycles. The lowest BCUT2D eigenvalue weighted by atomic mass is 10.2. The monoisotopic (exact) mass is 337 g/mol. The average Bonchev–Trinajstić information content (AvgIpc) is 3.00. The molecule has 1 aromatic heterocycles. The third kappa shape index (κ3) is 2.76. The fourth-order valence-corrected chi connectivity index (χ4v) is 3.50. The van der Waals surface area contributed by atoms with Gasteiger partial charge in [-0.1, -0.05) is 24.3 Å². The molecule has 0 N–H and O–H groups in total. The number of benzene rings is 2. The molecule has 128 valence electrons. The van der Waals surface area contributed by atoms with E-state index in [4.69, 9.17) is 0 Å². The van der Waals surface area contributed by atoms with Crippen LogP contribution in [0.5, 0.6) is 0 Å². The topological polar surface area (TPSA) is 28.5 Å². The number of nitrogens with zero attached hydrogens (tertiary/aromatic N) is 3. The second-order valence-electron chi connectivity index (χ2n) is 6.38. The molecule has 1 saturated heterocycles. The van der Waals surface area contributed by atoms with Gasteiger partial charge in [0.2, 0.25) is 0 Å². The van der Waals surface area contributed by atoms with Crippen molar-refractivity contribution in [3.05, 3.63) is 66.1 Å². The minimum Gasteiger partial charge on any atom is -0.368 e. The van der Waals surface area contributed by atoms with Gasteiger partial charge in [-0.05, 0) is 30.3 Å². The molecule has 1 aliphatic rings. The van der Waals surface area contributed by atoms with Crippen LogP contribution in [0.4, 0.5) is 10.1 Å². The number of hydrogen-bond acceptors (Lipinski definition) is 2. The highest BCUT2D eigenvalue weighted by atomic mass is 19.1. The number of hydrogen-bond donors (Lipinski definition) is 0. The Balaban J connectivity index is 1.53. The van der Waals surface area contributed by atoms with Gasteiger partial charge in [-0.15, -0.1) is 0 Å². The summed E-state index contributed by atoms with van der Waals surface area (Å²) in [5.41, 5.74) is 2.46. The van der Waals surface area contributed by atoms with Gasteiger partial charge < -0.3 is 14.4 Å². The predicted molar refractivity (Wildman–Crippen MR) is 97.4 cm³/mol. The number of fused-ring (bicyclic) bond motifs is 1. The van der Waals surface area contributed by atoms with Gasteiger partial charge in [0.25, 0.3) is 5.91 Å². The maximum absolute atomic E-state index is 14.0. The first-order valence-corrected chi connectivity index (χ1v) is 8.48. The molecule has 1 fully saturated rings. The Hall–Kier alpha value is -2.82. The van der Waals surface area contributed by atoms with E-state index in [0.29, 0.717) is 24.2 Å². The maximum atomic E-state index is 14.0. The van der Waals surface area contributed by atoms with Crippen molar-refractivity contribution in [3.63, 3.8) is 0 Å². The maximum Gasteiger partial charge on any atom is 0.270 e. The van der Waals surface area contributed by atoms with E-state index < -0.39 is 0 Å². The zero-order valence-corrected chi connectivity index (χ0v) is 14.2. The van der Waals surface area contributed by atoms with Crippen molar-refractivity contribution in [2.24, 2.45) is 7.05 Å². The van der Waals surface area contributed by atoms with Crippen molar-refractivity contribution < 1.29 is 9.18 Å². The molecule has 4 nitrogen and oxygen atoms in total. The zero-order valence-electron chi connectivity index (χ0n) is 14.2. The summed E-state index contributed by atoms with van der Waals surface area (Å²) in [7, 11) is 1.81. The number of aryl methyl sites for hydroxylation is 1. The predicted octanol–water partition coefficient (Wildman–Crippen LogP) is 3.28. The van der Waals surface area contributed by atoms with E-state index in [1.54, 1.807) is 16.7 Å². The lowest BCUT2D eigenvalue weighted by Gasteiger charge is -2.36. The summed E-state index contributed by atoms with van der Waals surface area (Å²) < 4.78 is 15.8. The fraction of sp³-hybridized carbons (Fsp3) is 0.250. The number of halogens is 1. The first-order valence-electron chi connectivity index (χ1n) is 8.48. The van der Waals surface area contributed by atoms with Crippen LogP contribution < -0.4 is 4.90 Å². The third-order valence-electron chi connectivity index (χ3n) is 4.94. The Morgan fingerprint density at radius 3 is 2.36 bits per heavy atom. The zero-order chi connectivity index (χ0) is 17.4. The van der Waals surface area contributed by atoms with Gasteiger partial charge in [-0.3, -0.25) is 4.79 Å². The summed E-state index contributed by atoms with van der Waals surface area (Å²) in [6.45, 7) is 2.93. The molecular weight excluding hydrogens is 317 g/mol. The minimum atomic E-state index is -0.291. The summed E-state index contributed by atoms with van der Waals surface area (Å²) >= 11 is 0. The largest absolute Gasteiger partial charge is 0.368 e. The van der Waals surface area contributed by atoms with Crippen LogP contribution in [0, 0.1) is 5.82 Å². The second-order valence-corrected chi connectivity index (χ2v) is 6.38. The van der Waals surface area contributed by atoms with Crippen molar-refractivity contribution in [2.45, 2.75) is 0 Å². The van der Waals surface area contributed by atoms with Crippen LogP contribution in [0.3, 0.4) is 0 Å². The number of para-hydroxylation sites is 1. The number of amides is 1. The Labute approximate surface area is 146 Å². The molecule has 1 aliphatic heterocycles. The van der Waals surface area contributed by atoms with Crippen molar-refractivity contribution in [3.8, 4) is 0 Å².